The lowest BCUT2D eigenvalue weighted by molar-refractivity contribution is -0.121. The number of hydrogen-bond donors (Lipinski definition) is 3. The molecule has 7 nitrogen and oxygen atoms in total. The first-order chi connectivity index (χ1) is 14.5. The molecule has 0 bridgehead atoms. The maximum absolute atomic E-state index is 12.0. The van der Waals surface area contributed by atoms with E-state index in [4.69, 9.17) is 16.0 Å². The number of benzene rings is 2. The van der Waals surface area contributed by atoms with Gasteiger partial charge in [0.25, 0.3) is 5.91 Å². The highest BCUT2D eigenvalue weighted by molar-refractivity contribution is 6.30. The van der Waals surface area contributed by atoms with Crippen LogP contribution in [0.3, 0.4) is 0 Å². The molecule has 0 aliphatic carbocycles. The first-order valence-electron chi connectivity index (χ1n) is 9.56. The van der Waals surface area contributed by atoms with Crippen LogP contribution >= 0.6 is 11.6 Å². The summed E-state index contributed by atoms with van der Waals surface area (Å²) in [5, 5.41) is 15.6. The molecule has 0 spiro atoms. The number of aryl methyl sites for hydroxylation is 1. The Morgan fingerprint density at radius 3 is 2.60 bits per heavy atom. The van der Waals surface area contributed by atoms with Gasteiger partial charge in [0.2, 0.25) is 5.91 Å². The minimum Gasteiger partial charge on any atom is -0.508 e. The van der Waals surface area contributed by atoms with E-state index in [0.717, 1.165) is 5.56 Å². The number of nitrogens with zero attached hydrogens (tertiary/aromatic N) is 1. The van der Waals surface area contributed by atoms with Gasteiger partial charge in [-0.1, -0.05) is 17.7 Å². The standard InChI is InChI=1S/C22H22ClN3O4/c23-17-7-5-15(6-8-17)19-14-26-21(30-19)10-9-20(28)24-11-2-12-25-22(29)16-3-1-4-18(27)13-16/h1,3-8,13-14,27H,2,9-12H2,(H,24,28)(H,25,29). The number of carbonyl (C=O) groups excluding carboxylic acids is 2. The van der Waals surface area contributed by atoms with Crippen LogP contribution in [0.4, 0.5) is 0 Å². The van der Waals surface area contributed by atoms with Crippen molar-refractivity contribution in [2.75, 3.05) is 13.1 Å². The van der Waals surface area contributed by atoms with Crippen LogP contribution in [0.25, 0.3) is 11.3 Å². The third kappa shape index (κ3) is 6.35. The van der Waals surface area contributed by atoms with E-state index in [-0.39, 0.29) is 24.0 Å². The minimum absolute atomic E-state index is 0.0428. The Hall–Kier alpha value is -3.32. The Morgan fingerprint density at radius 2 is 1.83 bits per heavy atom. The highest BCUT2D eigenvalue weighted by Crippen LogP contribution is 2.22. The number of aromatic hydroxyl groups is 1. The average Bonchev–Trinajstić information content (AvgIpc) is 3.21. The van der Waals surface area contributed by atoms with Gasteiger partial charge in [-0.25, -0.2) is 4.98 Å². The van der Waals surface area contributed by atoms with E-state index in [2.05, 4.69) is 15.6 Å². The summed E-state index contributed by atoms with van der Waals surface area (Å²) in [5.74, 6) is 0.789. The van der Waals surface area contributed by atoms with E-state index in [1.165, 1.54) is 12.1 Å². The lowest BCUT2D eigenvalue weighted by Gasteiger charge is -2.07. The van der Waals surface area contributed by atoms with Crippen molar-refractivity contribution in [1.29, 1.82) is 0 Å². The summed E-state index contributed by atoms with van der Waals surface area (Å²) in [6.07, 6.45) is 2.88. The predicted octanol–water partition coefficient (Wildman–Crippen LogP) is 3.57. The predicted molar refractivity (Wildman–Crippen MR) is 113 cm³/mol. The van der Waals surface area contributed by atoms with Crippen LogP contribution < -0.4 is 10.6 Å². The Labute approximate surface area is 179 Å². The van der Waals surface area contributed by atoms with Crippen LogP contribution in [0, 0.1) is 0 Å². The molecule has 0 unspecified atom stereocenters. The number of hydrogen-bond acceptors (Lipinski definition) is 5. The van der Waals surface area contributed by atoms with Gasteiger partial charge in [0.15, 0.2) is 11.7 Å². The fourth-order valence-electron chi connectivity index (χ4n) is 2.75. The zero-order valence-electron chi connectivity index (χ0n) is 16.2. The Kier molecular flexibility index (Phi) is 7.45. The quantitative estimate of drug-likeness (QED) is 0.453. The molecule has 0 radical (unpaired) electrons. The third-order valence-corrected chi connectivity index (χ3v) is 4.57. The van der Waals surface area contributed by atoms with E-state index >= 15 is 0 Å². The lowest BCUT2D eigenvalue weighted by atomic mass is 10.2. The van der Waals surface area contributed by atoms with Gasteiger partial charge in [0, 0.05) is 42.1 Å². The van der Waals surface area contributed by atoms with Gasteiger partial charge in [0.05, 0.1) is 6.20 Å². The largest absolute Gasteiger partial charge is 0.508 e. The average molecular weight is 428 g/mol. The lowest BCUT2D eigenvalue weighted by Crippen LogP contribution is -2.30. The first kappa shape index (κ1) is 21.4. The first-order valence-corrected chi connectivity index (χ1v) is 9.93. The van der Waals surface area contributed by atoms with Crippen LogP contribution in [0.1, 0.15) is 29.1 Å². The minimum atomic E-state index is -0.266. The summed E-state index contributed by atoms with van der Waals surface area (Å²) in [7, 11) is 0. The number of halogens is 1. The van der Waals surface area contributed by atoms with Crippen molar-refractivity contribution in [3.8, 4) is 17.1 Å². The molecule has 0 aliphatic rings. The fraction of sp³-hybridized carbons (Fsp3) is 0.227. The highest BCUT2D eigenvalue weighted by atomic mass is 35.5. The van der Waals surface area contributed by atoms with E-state index < -0.39 is 0 Å². The van der Waals surface area contributed by atoms with Gasteiger partial charge in [-0.3, -0.25) is 9.59 Å². The van der Waals surface area contributed by atoms with Gasteiger partial charge in [0.1, 0.15) is 5.75 Å². The number of carbonyl (C=O) groups is 2. The van der Waals surface area contributed by atoms with Crippen molar-refractivity contribution in [2.45, 2.75) is 19.3 Å². The highest BCUT2D eigenvalue weighted by Gasteiger charge is 2.09. The van der Waals surface area contributed by atoms with E-state index in [1.54, 1.807) is 30.5 Å². The van der Waals surface area contributed by atoms with Gasteiger partial charge in [-0.2, -0.15) is 0 Å². The molecule has 0 aliphatic heterocycles. The SMILES string of the molecule is O=C(CCc1ncc(-c2ccc(Cl)cc2)o1)NCCCNC(=O)c1cccc(O)c1. The van der Waals surface area contributed by atoms with Gasteiger partial charge >= 0.3 is 0 Å². The topological polar surface area (TPSA) is 104 Å². The zero-order valence-corrected chi connectivity index (χ0v) is 17.0. The number of aromatic nitrogens is 1. The van der Waals surface area contributed by atoms with Gasteiger partial charge in [-0.15, -0.1) is 0 Å². The molecule has 3 rings (SSSR count). The summed E-state index contributed by atoms with van der Waals surface area (Å²) < 4.78 is 5.68. The number of rotatable bonds is 9. The number of oxazole rings is 1. The Morgan fingerprint density at radius 1 is 1.07 bits per heavy atom. The van der Waals surface area contributed by atoms with Gasteiger partial charge < -0.3 is 20.2 Å². The summed E-state index contributed by atoms with van der Waals surface area (Å²) in [5.41, 5.74) is 1.26. The molecule has 2 aromatic carbocycles. The molecule has 156 valence electrons. The summed E-state index contributed by atoms with van der Waals surface area (Å²) in [6.45, 7) is 0.861. The second kappa shape index (κ2) is 10.5. The zero-order chi connectivity index (χ0) is 21.3. The fourth-order valence-corrected chi connectivity index (χ4v) is 2.88. The van der Waals surface area contributed by atoms with Gasteiger partial charge in [-0.05, 0) is 48.9 Å². The molecule has 0 saturated heterocycles. The van der Waals surface area contributed by atoms with E-state index in [1.807, 2.05) is 12.1 Å². The number of amides is 2. The second-order valence-corrected chi connectivity index (χ2v) is 7.07. The number of phenolic OH excluding ortho intramolecular Hbond substituents is 1. The Bertz CT molecular complexity index is 1000. The van der Waals surface area contributed by atoms with Crippen molar-refractivity contribution in [3.05, 3.63) is 71.2 Å². The molecule has 3 N–H and O–H groups in total. The molecule has 3 aromatic rings. The van der Waals surface area contributed by atoms with Crippen LogP contribution in [-0.2, 0) is 11.2 Å². The molecule has 0 fully saturated rings. The Balaban J connectivity index is 1.32. The molecule has 0 saturated carbocycles. The van der Waals surface area contributed by atoms with Crippen molar-refractivity contribution in [2.24, 2.45) is 0 Å². The van der Waals surface area contributed by atoms with E-state index in [9.17, 15) is 14.7 Å². The van der Waals surface area contributed by atoms with Crippen LogP contribution in [0.2, 0.25) is 5.02 Å². The molecular weight excluding hydrogens is 406 g/mol. The molecule has 8 heteroatoms. The van der Waals surface area contributed by atoms with E-state index in [0.29, 0.717) is 48.2 Å². The van der Waals surface area contributed by atoms with Crippen LogP contribution in [-0.4, -0.2) is 35.0 Å². The molecular formula is C22H22ClN3O4. The number of nitrogens with one attached hydrogen (secondary N) is 2. The smallest absolute Gasteiger partial charge is 0.251 e. The van der Waals surface area contributed by atoms with Crippen molar-refractivity contribution < 1.29 is 19.1 Å². The number of phenols is 1. The molecule has 1 heterocycles. The maximum Gasteiger partial charge on any atom is 0.251 e. The summed E-state index contributed by atoms with van der Waals surface area (Å²) in [4.78, 5) is 28.1. The normalized spacial score (nSPS) is 10.6. The monoisotopic (exact) mass is 427 g/mol. The molecule has 0 atom stereocenters. The van der Waals surface area contributed by atoms with Crippen molar-refractivity contribution in [3.63, 3.8) is 0 Å². The summed E-state index contributed by atoms with van der Waals surface area (Å²) in [6, 6.07) is 13.4. The third-order valence-electron chi connectivity index (χ3n) is 4.32. The second-order valence-electron chi connectivity index (χ2n) is 6.63. The molecule has 1 aromatic heterocycles. The molecule has 30 heavy (non-hydrogen) atoms. The van der Waals surface area contributed by atoms with Crippen LogP contribution in [0.5, 0.6) is 5.75 Å². The van der Waals surface area contributed by atoms with Crippen molar-refractivity contribution in [1.82, 2.24) is 15.6 Å². The maximum atomic E-state index is 12.0. The molecule has 2 amide bonds. The summed E-state index contributed by atoms with van der Waals surface area (Å²) >= 11 is 5.88. The van der Waals surface area contributed by atoms with Crippen LogP contribution in [0.15, 0.2) is 59.1 Å². The van der Waals surface area contributed by atoms with Crippen molar-refractivity contribution >= 4 is 23.4 Å².